The predicted octanol–water partition coefficient (Wildman–Crippen LogP) is 6.86. The predicted molar refractivity (Wildman–Crippen MR) is 223 cm³/mol. The Kier molecular flexibility index (Phi) is 14.3. The third-order valence-corrected chi connectivity index (χ3v) is 11.4. The van der Waals surface area contributed by atoms with Gasteiger partial charge in [-0.15, -0.1) is 13.2 Å². The molecule has 3 aliphatic heterocycles. The quantitative estimate of drug-likeness (QED) is 0.196. The first-order valence-corrected chi connectivity index (χ1v) is 20.8. The number of hydrogen-bond acceptors (Lipinski definition) is 10. The number of halogens is 3. The number of H-pyrrole nitrogens is 1. The first-order valence-electron chi connectivity index (χ1n) is 20.8. The van der Waals surface area contributed by atoms with Gasteiger partial charge in [0, 0.05) is 94.5 Å². The van der Waals surface area contributed by atoms with E-state index in [0.29, 0.717) is 74.9 Å². The van der Waals surface area contributed by atoms with Crippen LogP contribution in [0.3, 0.4) is 0 Å². The number of alkyl carbamates (subject to hydrolysis) is 1. The average Bonchev–Trinajstić information content (AvgIpc) is 3.90. The summed E-state index contributed by atoms with van der Waals surface area (Å²) in [6.07, 6.45) is -2.70. The number of aromatic nitrogens is 2. The molecule has 0 aliphatic carbocycles. The van der Waals surface area contributed by atoms with Crippen molar-refractivity contribution in [2.24, 2.45) is 5.92 Å². The number of urea groups is 1. The first kappa shape index (κ1) is 46.0. The smallest absolute Gasteiger partial charge is 0.453 e. The lowest BCUT2D eigenvalue weighted by Gasteiger charge is -2.42. The molecule has 3 aromatic rings. The minimum Gasteiger partial charge on any atom is -0.453 e. The number of amides is 5. The van der Waals surface area contributed by atoms with Gasteiger partial charge in [0.05, 0.1) is 24.9 Å². The maximum absolute atomic E-state index is 13.7. The SMILES string of the molecule is COC(=O)N[C@H](C(=O)N1C[C@@H](OC)C[C@H]1c1nc(-c2ccc(-c3ccc(NC(=O)N4CCC(N5CCN(C(=O)OC(C)(C)C)CC5)CC4)cc3OC(F)(F)F)cc2)c[nH]1)C(C)C. The number of hydrogen-bond donors (Lipinski definition) is 3. The van der Waals surface area contributed by atoms with Crippen LogP contribution in [0.15, 0.2) is 48.7 Å². The van der Waals surface area contributed by atoms with Crippen LogP contribution in [0.4, 0.5) is 33.2 Å². The van der Waals surface area contributed by atoms with Gasteiger partial charge in [0.2, 0.25) is 5.91 Å². The molecule has 3 saturated heterocycles. The highest BCUT2D eigenvalue weighted by Crippen LogP contribution is 2.38. The fourth-order valence-electron chi connectivity index (χ4n) is 8.11. The summed E-state index contributed by atoms with van der Waals surface area (Å²) >= 11 is 0. The molecular formula is C43H57F3N8O8. The number of rotatable bonds is 10. The van der Waals surface area contributed by atoms with Gasteiger partial charge in [0.25, 0.3) is 0 Å². The van der Waals surface area contributed by atoms with Crippen LogP contribution in [0.2, 0.25) is 0 Å². The van der Waals surface area contributed by atoms with Gasteiger partial charge in [0.1, 0.15) is 23.2 Å². The number of anilines is 1. The molecule has 338 valence electrons. The maximum Gasteiger partial charge on any atom is 0.573 e. The number of piperazine rings is 1. The van der Waals surface area contributed by atoms with Crippen molar-refractivity contribution < 1.29 is 51.3 Å². The summed E-state index contributed by atoms with van der Waals surface area (Å²) in [5, 5.41) is 5.37. The number of carbonyl (C=O) groups excluding carboxylic acids is 4. The van der Waals surface area contributed by atoms with E-state index < -0.39 is 41.9 Å². The van der Waals surface area contributed by atoms with E-state index in [9.17, 15) is 32.3 Å². The number of nitrogens with one attached hydrogen (secondary N) is 3. The van der Waals surface area contributed by atoms with Gasteiger partial charge >= 0.3 is 24.6 Å². The number of likely N-dealkylation sites (tertiary alicyclic amines) is 2. The van der Waals surface area contributed by atoms with Crippen molar-refractivity contribution in [3.63, 3.8) is 0 Å². The van der Waals surface area contributed by atoms with Crippen molar-refractivity contribution in [3.8, 4) is 28.1 Å². The van der Waals surface area contributed by atoms with Gasteiger partial charge in [-0.25, -0.2) is 19.4 Å². The lowest BCUT2D eigenvalue weighted by molar-refractivity contribution is -0.274. The van der Waals surface area contributed by atoms with E-state index in [-0.39, 0.29) is 41.3 Å². The minimum absolute atomic E-state index is 0.148. The number of methoxy groups -OCH3 is 2. The maximum atomic E-state index is 13.7. The number of nitrogens with zero attached hydrogens (tertiary/aromatic N) is 5. The second-order valence-corrected chi connectivity index (χ2v) is 17.1. The zero-order valence-corrected chi connectivity index (χ0v) is 36.2. The molecule has 5 amide bonds. The van der Waals surface area contributed by atoms with Crippen LogP contribution in [-0.2, 0) is 19.0 Å². The number of imidazole rings is 1. The van der Waals surface area contributed by atoms with Gasteiger partial charge < -0.3 is 49.3 Å². The average molecular weight is 871 g/mol. The Labute approximate surface area is 359 Å². The number of alkyl halides is 3. The van der Waals surface area contributed by atoms with E-state index in [1.165, 1.54) is 19.2 Å². The molecule has 6 rings (SSSR count). The van der Waals surface area contributed by atoms with Crippen LogP contribution in [0.5, 0.6) is 5.75 Å². The van der Waals surface area contributed by atoms with Crippen LogP contribution >= 0.6 is 0 Å². The van der Waals surface area contributed by atoms with Crippen molar-refractivity contribution in [1.82, 2.24) is 34.9 Å². The molecule has 3 N–H and O–H groups in total. The molecule has 0 bridgehead atoms. The topological polar surface area (TPSA) is 171 Å². The van der Waals surface area contributed by atoms with Gasteiger partial charge in [-0.1, -0.05) is 38.1 Å². The summed E-state index contributed by atoms with van der Waals surface area (Å²) in [5.41, 5.74) is 1.39. The lowest BCUT2D eigenvalue weighted by atomic mass is 10.0. The summed E-state index contributed by atoms with van der Waals surface area (Å²) in [5.74, 6) is -0.497. The molecule has 0 saturated carbocycles. The number of benzene rings is 2. The Morgan fingerprint density at radius 1 is 0.887 bits per heavy atom. The molecule has 3 atom stereocenters. The van der Waals surface area contributed by atoms with E-state index in [0.717, 1.165) is 18.9 Å². The highest BCUT2D eigenvalue weighted by atomic mass is 19.4. The molecule has 4 heterocycles. The van der Waals surface area contributed by atoms with Crippen molar-refractivity contribution >= 4 is 29.8 Å². The van der Waals surface area contributed by atoms with E-state index in [1.54, 1.807) is 52.3 Å². The molecule has 19 heteroatoms. The number of ether oxygens (including phenoxy) is 4. The first-order chi connectivity index (χ1) is 29.3. The summed E-state index contributed by atoms with van der Waals surface area (Å²) in [7, 11) is 2.80. The summed E-state index contributed by atoms with van der Waals surface area (Å²) in [4.78, 5) is 66.8. The summed E-state index contributed by atoms with van der Waals surface area (Å²) in [6, 6.07) is 9.42. The fourth-order valence-corrected chi connectivity index (χ4v) is 8.11. The van der Waals surface area contributed by atoms with Crippen molar-refractivity contribution in [2.45, 2.75) is 90.1 Å². The Balaban J connectivity index is 1.09. The molecule has 3 fully saturated rings. The Hall–Kier alpha value is -5.56. The summed E-state index contributed by atoms with van der Waals surface area (Å²) < 4.78 is 61.5. The molecule has 2 aromatic carbocycles. The third kappa shape index (κ3) is 11.5. The molecule has 0 unspecified atom stereocenters. The molecule has 62 heavy (non-hydrogen) atoms. The molecule has 1 aromatic heterocycles. The van der Waals surface area contributed by atoms with E-state index in [2.05, 4.69) is 25.3 Å². The molecule has 0 radical (unpaired) electrons. The zero-order chi connectivity index (χ0) is 44.9. The summed E-state index contributed by atoms with van der Waals surface area (Å²) in [6.45, 7) is 12.9. The van der Waals surface area contributed by atoms with Gasteiger partial charge in [0.15, 0.2) is 0 Å². The fraction of sp³-hybridized carbons (Fsp3) is 0.558. The number of aromatic amines is 1. The van der Waals surface area contributed by atoms with E-state index in [1.807, 2.05) is 34.6 Å². The van der Waals surface area contributed by atoms with Crippen LogP contribution in [0.25, 0.3) is 22.4 Å². The van der Waals surface area contributed by atoms with Crippen molar-refractivity contribution in [2.75, 3.05) is 65.3 Å². The second-order valence-electron chi connectivity index (χ2n) is 17.1. The highest BCUT2D eigenvalue weighted by molar-refractivity contribution is 5.90. The Morgan fingerprint density at radius 3 is 2.15 bits per heavy atom. The normalized spacial score (nSPS) is 19.6. The molecule has 3 aliphatic rings. The van der Waals surface area contributed by atoms with Crippen LogP contribution < -0.4 is 15.4 Å². The minimum atomic E-state index is -5.00. The number of piperidine rings is 1. The molecular weight excluding hydrogens is 814 g/mol. The Bertz CT molecular complexity index is 2040. The zero-order valence-electron chi connectivity index (χ0n) is 36.2. The standard InChI is InChI=1S/C43H57F3N8O8/c1-26(2)36(50-40(57)60-7)38(55)54-25-31(59-6)23-34(54)37-47-24-33(49-37)28-10-8-27(9-11-28)32-13-12-29(22-35(32)61-43(44,45)46)48-39(56)52-16-14-30(15-17-52)51-18-20-53(21-19-51)41(58)62-42(3,4)5/h8-13,22,24,26,30-31,34,36H,14-21,23,25H2,1-7H3,(H,47,49)(H,48,56)(H,50,57)/t31-,34-,36-/m0/s1. The number of carbonyl (C=O) groups is 4. The van der Waals surface area contributed by atoms with Crippen molar-refractivity contribution in [1.29, 1.82) is 0 Å². The second kappa shape index (κ2) is 19.2. The molecule has 16 nitrogen and oxygen atoms in total. The third-order valence-electron chi connectivity index (χ3n) is 11.4. The van der Waals surface area contributed by atoms with E-state index >= 15 is 0 Å². The monoisotopic (exact) mass is 870 g/mol. The lowest BCUT2D eigenvalue weighted by Crippen LogP contribution is -2.55. The highest BCUT2D eigenvalue weighted by Gasteiger charge is 2.42. The largest absolute Gasteiger partial charge is 0.573 e. The van der Waals surface area contributed by atoms with Gasteiger partial charge in [-0.2, -0.15) is 0 Å². The van der Waals surface area contributed by atoms with Crippen molar-refractivity contribution in [3.05, 3.63) is 54.5 Å². The van der Waals surface area contributed by atoms with Gasteiger partial charge in [-0.3, -0.25) is 9.69 Å². The Morgan fingerprint density at radius 2 is 1.55 bits per heavy atom. The molecule has 0 spiro atoms. The van der Waals surface area contributed by atoms with Crippen LogP contribution in [-0.4, -0.2) is 144 Å². The van der Waals surface area contributed by atoms with Gasteiger partial charge in [-0.05, 0) is 57.2 Å². The van der Waals surface area contributed by atoms with Crippen LogP contribution in [0, 0.1) is 5.92 Å². The van der Waals surface area contributed by atoms with E-state index in [4.69, 9.17) is 19.2 Å². The van der Waals surface area contributed by atoms with Crippen LogP contribution in [0.1, 0.15) is 65.7 Å².